The van der Waals surface area contributed by atoms with E-state index in [2.05, 4.69) is 30.0 Å². The zero-order chi connectivity index (χ0) is 26.3. The van der Waals surface area contributed by atoms with Crippen molar-refractivity contribution in [2.45, 2.75) is 31.7 Å². The predicted molar refractivity (Wildman–Crippen MR) is 140 cm³/mol. The molecule has 0 unspecified atom stereocenters. The van der Waals surface area contributed by atoms with Crippen molar-refractivity contribution in [3.63, 3.8) is 0 Å². The van der Waals surface area contributed by atoms with Crippen LogP contribution in [0.25, 0.3) is 22.2 Å². The summed E-state index contributed by atoms with van der Waals surface area (Å²) in [5, 5.41) is 20.2. The second kappa shape index (κ2) is 9.45. The Bertz CT molecular complexity index is 1730. The van der Waals surface area contributed by atoms with Gasteiger partial charge in [-0.2, -0.15) is 23.7 Å². The first-order chi connectivity index (χ1) is 18.5. The van der Waals surface area contributed by atoms with E-state index in [1.54, 1.807) is 18.2 Å². The summed E-state index contributed by atoms with van der Waals surface area (Å²) in [6.07, 6.45) is 6.98. The molecule has 6 rings (SSSR count). The standard InChI is InChI=1S/C27H23N7O3S/c28-14-23-22-10-9-21(37-27-24(15-29)30-11-12-31-27)13-25(22)34(20-7-8-20)26(23)18-3-5-19(6-4-18)33-38(35,36)32-16-17-1-2-17/h3-6,9-13,17,20,32-33H,1-2,7-8,16H2. The number of hydrogen-bond acceptors (Lipinski definition) is 7. The first-order valence-corrected chi connectivity index (χ1v) is 13.8. The molecule has 2 fully saturated rings. The van der Waals surface area contributed by atoms with Crippen LogP contribution >= 0.6 is 0 Å². The van der Waals surface area contributed by atoms with Gasteiger partial charge in [-0.3, -0.25) is 4.72 Å². The largest absolute Gasteiger partial charge is 0.436 e. The molecule has 2 aliphatic carbocycles. The number of nitrogens with one attached hydrogen (secondary N) is 2. The van der Waals surface area contributed by atoms with Crippen LogP contribution < -0.4 is 14.2 Å². The smallest absolute Gasteiger partial charge is 0.299 e. The van der Waals surface area contributed by atoms with Crippen molar-refractivity contribution in [1.82, 2.24) is 19.3 Å². The van der Waals surface area contributed by atoms with Gasteiger partial charge in [0, 0.05) is 42.1 Å². The molecule has 0 saturated heterocycles. The van der Waals surface area contributed by atoms with Crippen LogP contribution in [0.3, 0.4) is 0 Å². The highest BCUT2D eigenvalue weighted by Crippen LogP contribution is 2.45. The number of rotatable bonds is 9. The molecule has 10 nitrogen and oxygen atoms in total. The normalized spacial score (nSPS) is 15.1. The van der Waals surface area contributed by atoms with Gasteiger partial charge in [-0.25, -0.2) is 9.97 Å². The summed E-state index contributed by atoms with van der Waals surface area (Å²) in [5.41, 5.74) is 3.49. The average Bonchev–Trinajstić information content (AvgIpc) is 3.85. The Balaban J connectivity index is 1.35. The number of nitrogens with zero attached hydrogens (tertiary/aromatic N) is 5. The molecule has 0 spiro atoms. The highest BCUT2D eigenvalue weighted by atomic mass is 32.2. The fraction of sp³-hybridized carbons (Fsp3) is 0.259. The van der Waals surface area contributed by atoms with Crippen LogP contribution in [0.5, 0.6) is 11.6 Å². The summed E-state index contributed by atoms with van der Waals surface area (Å²) in [6.45, 7) is 0.445. The van der Waals surface area contributed by atoms with E-state index in [-0.39, 0.29) is 17.6 Å². The van der Waals surface area contributed by atoms with E-state index in [4.69, 9.17) is 4.74 Å². The molecule has 0 radical (unpaired) electrons. The van der Waals surface area contributed by atoms with Gasteiger partial charge in [-0.1, -0.05) is 12.1 Å². The third-order valence-corrected chi connectivity index (χ3v) is 7.71. The monoisotopic (exact) mass is 525 g/mol. The van der Waals surface area contributed by atoms with E-state index in [9.17, 15) is 18.9 Å². The summed E-state index contributed by atoms with van der Waals surface area (Å²) < 4.78 is 37.9. The second-order valence-corrected chi connectivity index (χ2v) is 11.0. The molecule has 2 aromatic carbocycles. The van der Waals surface area contributed by atoms with Crippen molar-refractivity contribution >= 4 is 26.8 Å². The fourth-order valence-corrected chi connectivity index (χ4v) is 5.46. The van der Waals surface area contributed by atoms with Gasteiger partial charge in [-0.15, -0.1) is 0 Å². The number of hydrogen-bond donors (Lipinski definition) is 2. The van der Waals surface area contributed by atoms with Crippen LogP contribution in [-0.4, -0.2) is 29.5 Å². The molecule has 2 aromatic heterocycles. The lowest BCUT2D eigenvalue weighted by molar-refractivity contribution is 0.458. The Kier molecular flexibility index (Phi) is 5.95. The Hall–Kier alpha value is -4.45. The molecular weight excluding hydrogens is 502 g/mol. The Labute approximate surface area is 219 Å². The van der Waals surface area contributed by atoms with Crippen LogP contribution in [0, 0.1) is 28.6 Å². The molecule has 0 aliphatic heterocycles. The number of fused-ring (bicyclic) bond motifs is 1. The van der Waals surface area contributed by atoms with Gasteiger partial charge < -0.3 is 9.30 Å². The van der Waals surface area contributed by atoms with Gasteiger partial charge in [0.1, 0.15) is 17.9 Å². The van der Waals surface area contributed by atoms with Gasteiger partial charge in [0.25, 0.3) is 16.1 Å². The Morgan fingerprint density at radius 2 is 1.76 bits per heavy atom. The quantitative estimate of drug-likeness (QED) is 0.324. The molecule has 2 saturated carbocycles. The van der Waals surface area contributed by atoms with Gasteiger partial charge in [0.15, 0.2) is 0 Å². The maximum absolute atomic E-state index is 12.4. The summed E-state index contributed by atoms with van der Waals surface area (Å²) in [5.74, 6) is 1.03. The Morgan fingerprint density at radius 1 is 1.00 bits per heavy atom. The summed E-state index contributed by atoms with van der Waals surface area (Å²) in [4.78, 5) is 8.11. The first kappa shape index (κ1) is 23.9. The zero-order valence-electron chi connectivity index (χ0n) is 20.3. The molecule has 0 bridgehead atoms. The van der Waals surface area contributed by atoms with Gasteiger partial charge in [0.2, 0.25) is 5.69 Å². The Morgan fingerprint density at radius 3 is 2.45 bits per heavy atom. The molecule has 2 aliphatic rings. The van der Waals surface area contributed by atoms with Crippen LogP contribution in [0.15, 0.2) is 54.9 Å². The fourth-order valence-electron chi connectivity index (χ4n) is 4.49. The topological polar surface area (TPSA) is 146 Å². The summed E-state index contributed by atoms with van der Waals surface area (Å²) >= 11 is 0. The molecule has 2 N–H and O–H groups in total. The number of nitriles is 2. The van der Waals surface area contributed by atoms with Crippen molar-refractivity contribution in [2.75, 3.05) is 11.3 Å². The maximum Gasteiger partial charge on any atom is 0.299 e. The lowest BCUT2D eigenvalue weighted by Gasteiger charge is -2.12. The van der Waals surface area contributed by atoms with Crippen LogP contribution in [0.1, 0.15) is 43.0 Å². The van der Waals surface area contributed by atoms with Crippen LogP contribution in [0.4, 0.5) is 5.69 Å². The van der Waals surface area contributed by atoms with Gasteiger partial charge >= 0.3 is 0 Å². The number of aromatic nitrogens is 3. The SMILES string of the molecule is N#Cc1nccnc1Oc1ccc2c(C#N)c(-c3ccc(NS(=O)(=O)NCC4CC4)cc3)n(C3CC3)c2c1. The zero-order valence-corrected chi connectivity index (χ0v) is 21.1. The van der Waals surface area contributed by atoms with E-state index in [0.29, 0.717) is 29.5 Å². The minimum absolute atomic E-state index is 0.0852. The minimum Gasteiger partial charge on any atom is -0.436 e. The number of anilines is 1. The number of ether oxygens (including phenoxy) is 1. The maximum atomic E-state index is 12.4. The van der Waals surface area contributed by atoms with Crippen molar-refractivity contribution in [3.05, 3.63) is 66.1 Å². The molecule has 0 amide bonds. The molecule has 2 heterocycles. The minimum atomic E-state index is -3.65. The predicted octanol–water partition coefficient (Wildman–Crippen LogP) is 4.63. The molecule has 190 valence electrons. The summed E-state index contributed by atoms with van der Waals surface area (Å²) in [6, 6.07) is 17.1. The van der Waals surface area contributed by atoms with E-state index in [1.165, 1.54) is 12.4 Å². The van der Waals surface area contributed by atoms with E-state index in [1.807, 2.05) is 30.3 Å². The molecular formula is C27H23N7O3S. The lowest BCUT2D eigenvalue weighted by atomic mass is 10.1. The van der Waals surface area contributed by atoms with Crippen LogP contribution in [0.2, 0.25) is 0 Å². The van der Waals surface area contributed by atoms with Crippen LogP contribution in [-0.2, 0) is 10.2 Å². The van der Waals surface area contributed by atoms with Crippen molar-refractivity contribution in [3.8, 4) is 35.0 Å². The summed E-state index contributed by atoms with van der Waals surface area (Å²) in [7, 11) is -3.65. The van der Waals surface area contributed by atoms with E-state index in [0.717, 1.165) is 47.8 Å². The molecule has 4 aromatic rings. The highest BCUT2D eigenvalue weighted by molar-refractivity contribution is 7.90. The third-order valence-electron chi connectivity index (χ3n) is 6.65. The van der Waals surface area contributed by atoms with E-state index < -0.39 is 10.2 Å². The first-order valence-electron chi connectivity index (χ1n) is 12.3. The molecule has 38 heavy (non-hydrogen) atoms. The molecule has 0 atom stereocenters. The van der Waals surface area contributed by atoms with Crippen molar-refractivity contribution < 1.29 is 13.2 Å². The average molecular weight is 526 g/mol. The second-order valence-electron chi connectivity index (χ2n) is 9.51. The molecule has 11 heteroatoms. The van der Waals surface area contributed by atoms with Crippen molar-refractivity contribution in [2.24, 2.45) is 5.92 Å². The van der Waals surface area contributed by atoms with E-state index >= 15 is 0 Å². The highest BCUT2D eigenvalue weighted by Gasteiger charge is 2.31. The third kappa shape index (κ3) is 4.77. The lowest BCUT2D eigenvalue weighted by Crippen LogP contribution is -2.31. The number of benzene rings is 2. The van der Waals surface area contributed by atoms with Crippen molar-refractivity contribution in [1.29, 1.82) is 10.5 Å². The van der Waals surface area contributed by atoms with Gasteiger partial charge in [0.05, 0.1) is 16.8 Å². The van der Waals surface area contributed by atoms with Gasteiger partial charge in [-0.05, 0) is 61.4 Å².